The fraction of sp³-hybridized carbons (Fsp3) is 0.222. The summed E-state index contributed by atoms with van der Waals surface area (Å²) in [6.45, 7) is 4.47. The molecule has 0 radical (unpaired) electrons. The van der Waals surface area contributed by atoms with Crippen molar-refractivity contribution in [1.29, 1.82) is 0 Å². The number of benzene rings is 2. The molecule has 5 heteroatoms. The van der Waals surface area contributed by atoms with Gasteiger partial charge in [0.25, 0.3) is 11.8 Å². The minimum absolute atomic E-state index is 0.0239. The number of ether oxygens (including phenoxy) is 1. The van der Waals surface area contributed by atoms with Crippen LogP contribution in [0.4, 0.5) is 11.4 Å². The van der Waals surface area contributed by atoms with Crippen molar-refractivity contribution in [1.82, 2.24) is 0 Å². The second-order valence-electron chi connectivity index (χ2n) is 5.43. The normalized spacial score (nSPS) is 13.3. The number of carbonyl (C=O) groups excluding carboxylic acids is 2. The number of anilines is 2. The smallest absolute Gasteiger partial charge is 0.265 e. The molecular formula is C18H18N2O3. The van der Waals surface area contributed by atoms with Gasteiger partial charge in [-0.1, -0.05) is 17.7 Å². The van der Waals surface area contributed by atoms with Gasteiger partial charge in [-0.05, 0) is 38.1 Å². The average Bonchev–Trinajstić information content (AvgIpc) is 2.55. The van der Waals surface area contributed by atoms with Crippen LogP contribution in [0, 0.1) is 6.92 Å². The van der Waals surface area contributed by atoms with Gasteiger partial charge in [0.15, 0.2) is 6.61 Å². The largest absolute Gasteiger partial charge is 0.481 e. The quantitative estimate of drug-likeness (QED) is 0.948. The molecule has 2 amide bonds. The highest BCUT2D eigenvalue weighted by atomic mass is 16.5. The van der Waals surface area contributed by atoms with E-state index in [0.717, 1.165) is 11.3 Å². The van der Waals surface area contributed by atoms with Crippen molar-refractivity contribution in [3.63, 3.8) is 0 Å². The van der Waals surface area contributed by atoms with Gasteiger partial charge in [-0.2, -0.15) is 0 Å². The first-order valence-electron chi connectivity index (χ1n) is 7.53. The summed E-state index contributed by atoms with van der Waals surface area (Å²) >= 11 is 0. The van der Waals surface area contributed by atoms with E-state index < -0.39 is 0 Å². The Morgan fingerprint density at radius 1 is 1.26 bits per heavy atom. The Kier molecular flexibility index (Phi) is 4.02. The van der Waals surface area contributed by atoms with E-state index >= 15 is 0 Å². The Balaban J connectivity index is 1.82. The molecule has 5 nitrogen and oxygen atoms in total. The standard InChI is InChI=1S/C18H18N2O3/c1-3-20-15-8-7-14(10-16(15)23-11-17(20)21)19-18(22)13-6-4-5-12(2)9-13/h4-10H,3,11H2,1-2H3,(H,19,22). The maximum absolute atomic E-state index is 12.3. The van der Waals surface area contributed by atoms with E-state index in [1.807, 2.05) is 32.0 Å². The molecule has 0 saturated heterocycles. The fourth-order valence-corrected chi connectivity index (χ4v) is 2.62. The highest BCUT2D eigenvalue weighted by Gasteiger charge is 2.24. The minimum atomic E-state index is -0.173. The molecule has 0 aliphatic carbocycles. The van der Waals surface area contributed by atoms with Crippen LogP contribution in [0.5, 0.6) is 5.75 Å². The molecular weight excluding hydrogens is 292 g/mol. The molecule has 118 valence electrons. The summed E-state index contributed by atoms with van der Waals surface area (Å²) in [6.07, 6.45) is 0. The first-order chi connectivity index (χ1) is 11.1. The zero-order valence-corrected chi connectivity index (χ0v) is 13.1. The molecule has 2 aromatic carbocycles. The van der Waals surface area contributed by atoms with E-state index in [4.69, 9.17) is 4.74 Å². The first kappa shape index (κ1) is 15.1. The summed E-state index contributed by atoms with van der Waals surface area (Å²) in [5.74, 6) is 0.373. The summed E-state index contributed by atoms with van der Waals surface area (Å²) in [7, 11) is 0. The number of aryl methyl sites for hydroxylation is 1. The number of amides is 2. The number of nitrogens with one attached hydrogen (secondary N) is 1. The van der Waals surface area contributed by atoms with Crippen molar-refractivity contribution < 1.29 is 14.3 Å². The Morgan fingerprint density at radius 2 is 2.09 bits per heavy atom. The zero-order chi connectivity index (χ0) is 16.4. The SMILES string of the molecule is CCN1C(=O)COc2cc(NC(=O)c3cccc(C)c3)ccc21. The van der Waals surface area contributed by atoms with Crippen molar-refractivity contribution in [3.05, 3.63) is 53.6 Å². The summed E-state index contributed by atoms with van der Waals surface area (Å²) < 4.78 is 5.47. The minimum Gasteiger partial charge on any atom is -0.481 e. The zero-order valence-electron chi connectivity index (χ0n) is 13.1. The van der Waals surface area contributed by atoms with E-state index in [0.29, 0.717) is 23.5 Å². The third kappa shape index (κ3) is 3.04. The number of hydrogen-bond donors (Lipinski definition) is 1. The van der Waals surface area contributed by atoms with E-state index in [-0.39, 0.29) is 18.4 Å². The van der Waals surface area contributed by atoms with Crippen molar-refractivity contribution in [2.45, 2.75) is 13.8 Å². The molecule has 1 aliphatic rings. The highest BCUT2D eigenvalue weighted by molar-refractivity contribution is 6.05. The molecule has 1 aliphatic heterocycles. The number of nitrogens with zero attached hydrogens (tertiary/aromatic N) is 1. The van der Waals surface area contributed by atoms with Crippen LogP contribution in [0.2, 0.25) is 0 Å². The molecule has 0 atom stereocenters. The monoisotopic (exact) mass is 310 g/mol. The van der Waals surface area contributed by atoms with E-state index in [2.05, 4.69) is 5.32 Å². The number of likely N-dealkylation sites (N-methyl/N-ethyl adjacent to an activating group) is 1. The van der Waals surface area contributed by atoms with Crippen LogP contribution in [0.3, 0.4) is 0 Å². The van der Waals surface area contributed by atoms with Crippen LogP contribution in [0.15, 0.2) is 42.5 Å². The van der Waals surface area contributed by atoms with Crippen molar-refractivity contribution in [2.24, 2.45) is 0 Å². The van der Waals surface area contributed by atoms with Crippen LogP contribution in [0.25, 0.3) is 0 Å². The maximum Gasteiger partial charge on any atom is 0.265 e. The van der Waals surface area contributed by atoms with Crippen molar-refractivity contribution in [2.75, 3.05) is 23.4 Å². The van der Waals surface area contributed by atoms with Gasteiger partial charge in [0.05, 0.1) is 5.69 Å². The molecule has 0 unspecified atom stereocenters. The topological polar surface area (TPSA) is 58.6 Å². The van der Waals surface area contributed by atoms with Crippen LogP contribution < -0.4 is 15.0 Å². The summed E-state index contributed by atoms with van der Waals surface area (Å²) in [6, 6.07) is 12.7. The Morgan fingerprint density at radius 3 is 2.83 bits per heavy atom. The van der Waals surface area contributed by atoms with Gasteiger partial charge in [-0.3, -0.25) is 9.59 Å². The lowest BCUT2D eigenvalue weighted by Gasteiger charge is -2.28. The third-order valence-electron chi connectivity index (χ3n) is 3.76. The Hall–Kier alpha value is -2.82. The lowest BCUT2D eigenvalue weighted by atomic mass is 10.1. The van der Waals surface area contributed by atoms with E-state index in [9.17, 15) is 9.59 Å². The van der Waals surface area contributed by atoms with Gasteiger partial charge in [0.2, 0.25) is 0 Å². The highest BCUT2D eigenvalue weighted by Crippen LogP contribution is 2.34. The second kappa shape index (κ2) is 6.12. The lowest BCUT2D eigenvalue weighted by molar-refractivity contribution is -0.121. The predicted molar refractivity (Wildman–Crippen MR) is 89.1 cm³/mol. The predicted octanol–water partition coefficient (Wildman–Crippen LogP) is 2.99. The van der Waals surface area contributed by atoms with Crippen LogP contribution in [-0.2, 0) is 4.79 Å². The third-order valence-corrected chi connectivity index (χ3v) is 3.76. The van der Waals surface area contributed by atoms with Crippen LogP contribution in [-0.4, -0.2) is 25.0 Å². The van der Waals surface area contributed by atoms with Crippen LogP contribution in [0.1, 0.15) is 22.8 Å². The van der Waals surface area contributed by atoms with Gasteiger partial charge >= 0.3 is 0 Å². The van der Waals surface area contributed by atoms with Crippen molar-refractivity contribution in [3.8, 4) is 5.75 Å². The molecule has 1 heterocycles. The summed E-state index contributed by atoms with van der Waals surface area (Å²) in [5, 5.41) is 2.86. The molecule has 0 bridgehead atoms. The van der Waals surface area contributed by atoms with Gasteiger partial charge in [0, 0.05) is 23.9 Å². The molecule has 1 N–H and O–H groups in total. The molecule has 23 heavy (non-hydrogen) atoms. The summed E-state index contributed by atoms with van der Waals surface area (Å²) in [5.41, 5.74) is 3.01. The van der Waals surface area contributed by atoms with Gasteiger partial charge in [-0.15, -0.1) is 0 Å². The van der Waals surface area contributed by atoms with E-state index in [1.165, 1.54) is 0 Å². The van der Waals surface area contributed by atoms with Crippen LogP contribution >= 0.6 is 0 Å². The second-order valence-corrected chi connectivity index (χ2v) is 5.43. The number of fused-ring (bicyclic) bond motifs is 1. The molecule has 0 aromatic heterocycles. The molecule has 0 spiro atoms. The maximum atomic E-state index is 12.3. The molecule has 2 aromatic rings. The fourth-order valence-electron chi connectivity index (χ4n) is 2.62. The Labute approximate surface area is 134 Å². The Bertz CT molecular complexity index is 771. The van der Waals surface area contributed by atoms with Gasteiger partial charge in [-0.25, -0.2) is 0 Å². The molecule has 0 fully saturated rings. The number of carbonyl (C=O) groups is 2. The summed E-state index contributed by atoms with van der Waals surface area (Å²) in [4.78, 5) is 25.8. The molecule has 0 saturated carbocycles. The van der Waals surface area contributed by atoms with Crippen molar-refractivity contribution >= 4 is 23.2 Å². The number of hydrogen-bond acceptors (Lipinski definition) is 3. The average molecular weight is 310 g/mol. The first-order valence-corrected chi connectivity index (χ1v) is 7.53. The van der Waals surface area contributed by atoms with Gasteiger partial charge in [0.1, 0.15) is 5.75 Å². The lowest BCUT2D eigenvalue weighted by Crippen LogP contribution is -2.38. The number of rotatable bonds is 3. The van der Waals surface area contributed by atoms with Gasteiger partial charge < -0.3 is 15.0 Å². The molecule has 3 rings (SSSR count). The van der Waals surface area contributed by atoms with E-state index in [1.54, 1.807) is 29.2 Å².